The molecule has 6 nitrogen and oxygen atoms in total. The molecule has 1 atom stereocenters. The lowest BCUT2D eigenvalue weighted by Crippen LogP contribution is -2.53. The lowest BCUT2D eigenvalue weighted by molar-refractivity contribution is -0.144. The third-order valence-corrected chi connectivity index (χ3v) is 2.75. The summed E-state index contributed by atoms with van der Waals surface area (Å²) in [5.74, 6) is 1.39. The number of ether oxygens (including phenoxy) is 2. The highest BCUT2D eigenvalue weighted by Crippen LogP contribution is 2.10. The summed E-state index contributed by atoms with van der Waals surface area (Å²) in [6, 6.07) is 9.09. The van der Waals surface area contributed by atoms with E-state index in [0.717, 1.165) is 5.56 Å². The summed E-state index contributed by atoms with van der Waals surface area (Å²) in [4.78, 5) is 23.7. The first-order valence-corrected chi connectivity index (χ1v) is 6.50. The van der Waals surface area contributed by atoms with Crippen LogP contribution in [-0.4, -0.2) is 31.3 Å². The van der Waals surface area contributed by atoms with Crippen molar-refractivity contribution < 1.29 is 19.1 Å². The van der Waals surface area contributed by atoms with Crippen LogP contribution >= 0.6 is 0 Å². The Morgan fingerprint density at radius 3 is 2.64 bits per heavy atom. The summed E-state index contributed by atoms with van der Waals surface area (Å²) in [7, 11) is 1.17. The van der Waals surface area contributed by atoms with Crippen LogP contribution in [0.5, 0.6) is 0 Å². The second-order valence-electron chi connectivity index (χ2n) is 4.27. The van der Waals surface area contributed by atoms with E-state index in [-0.39, 0.29) is 13.2 Å². The second-order valence-corrected chi connectivity index (χ2v) is 4.27. The predicted octanol–water partition coefficient (Wildman–Crippen LogP) is 0.973. The first-order chi connectivity index (χ1) is 10.6. The Bertz CT molecular complexity index is 578. The van der Waals surface area contributed by atoms with Gasteiger partial charge in [-0.2, -0.15) is 0 Å². The fourth-order valence-electron chi connectivity index (χ4n) is 1.63. The molecule has 1 aromatic carbocycles. The van der Waals surface area contributed by atoms with E-state index in [0.29, 0.717) is 0 Å². The van der Waals surface area contributed by atoms with Crippen molar-refractivity contribution in [3.05, 3.63) is 48.0 Å². The number of carbonyl (C=O) groups is 2. The zero-order chi connectivity index (χ0) is 16.4. The fourth-order valence-corrected chi connectivity index (χ4v) is 1.63. The van der Waals surface area contributed by atoms with E-state index in [9.17, 15) is 9.59 Å². The van der Waals surface area contributed by atoms with Crippen molar-refractivity contribution in [2.45, 2.75) is 12.1 Å². The van der Waals surface area contributed by atoms with Crippen molar-refractivity contribution in [3.8, 4) is 12.3 Å². The van der Waals surface area contributed by atoms with Gasteiger partial charge in [-0.25, -0.2) is 9.59 Å². The van der Waals surface area contributed by atoms with Gasteiger partial charge in [0.25, 0.3) is 0 Å². The summed E-state index contributed by atoms with van der Waals surface area (Å²) in [5.41, 5.74) is 4.40. The number of rotatable bonds is 6. The normalized spacial score (nSPS) is 13.0. The maximum Gasteiger partial charge on any atom is 0.409 e. The largest absolute Gasteiger partial charge is 0.466 e. The number of nitrogens with two attached hydrogens (primary N) is 1. The second kappa shape index (κ2) is 8.49. The molecule has 1 unspecified atom stereocenters. The van der Waals surface area contributed by atoms with Gasteiger partial charge < -0.3 is 15.2 Å². The van der Waals surface area contributed by atoms with Crippen molar-refractivity contribution in [1.29, 1.82) is 0 Å². The number of nitrogens with one attached hydrogen (secondary N) is 1. The molecule has 0 saturated carbocycles. The molecule has 1 rings (SSSR count). The highest BCUT2D eigenvalue weighted by atomic mass is 16.6. The molecule has 0 heterocycles. The molecule has 0 bridgehead atoms. The third-order valence-electron chi connectivity index (χ3n) is 2.75. The van der Waals surface area contributed by atoms with E-state index < -0.39 is 17.6 Å². The molecule has 6 heteroatoms. The van der Waals surface area contributed by atoms with Gasteiger partial charge in [-0.1, -0.05) is 42.3 Å². The van der Waals surface area contributed by atoms with Crippen LogP contribution in [-0.2, 0) is 20.9 Å². The molecule has 1 amide bonds. The van der Waals surface area contributed by atoms with E-state index in [1.165, 1.54) is 19.3 Å². The zero-order valence-corrected chi connectivity index (χ0v) is 12.2. The Balaban J connectivity index is 2.77. The van der Waals surface area contributed by atoms with Crippen LogP contribution in [0.2, 0.25) is 0 Å². The van der Waals surface area contributed by atoms with Crippen LogP contribution in [0.4, 0.5) is 4.79 Å². The summed E-state index contributed by atoms with van der Waals surface area (Å²) >= 11 is 0. The SMILES string of the molecule is C#CC(/C=C/CN)(NC(=O)OCc1ccccc1)C(=O)OC. The Hall–Kier alpha value is -2.78. The van der Waals surface area contributed by atoms with E-state index >= 15 is 0 Å². The molecule has 1 aromatic rings. The molecular weight excluding hydrogens is 284 g/mol. The molecule has 0 aliphatic heterocycles. The van der Waals surface area contributed by atoms with Gasteiger partial charge in [-0.15, -0.1) is 6.42 Å². The van der Waals surface area contributed by atoms with E-state index in [1.54, 1.807) is 12.1 Å². The van der Waals surface area contributed by atoms with Gasteiger partial charge in [0.1, 0.15) is 6.61 Å². The van der Waals surface area contributed by atoms with Gasteiger partial charge in [0, 0.05) is 6.54 Å². The molecule has 0 aromatic heterocycles. The van der Waals surface area contributed by atoms with Crippen LogP contribution < -0.4 is 11.1 Å². The number of esters is 1. The molecule has 0 aliphatic carbocycles. The zero-order valence-electron chi connectivity index (χ0n) is 12.2. The summed E-state index contributed by atoms with van der Waals surface area (Å²) < 4.78 is 9.67. The van der Waals surface area contributed by atoms with Crippen LogP contribution in [0.25, 0.3) is 0 Å². The van der Waals surface area contributed by atoms with E-state index in [2.05, 4.69) is 16.0 Å². The van der Waals surface area contributed by atoms with Gasteiger partial charge in [0.2, 0.25) is 5.54 Å². The third kappa shape index (κ3) is 4.65. The summed E-state index contributed by atoms with van der Waals surface area (Å²) in [6.45, 7) is 0.205. The van der Waals surface area contributed by atoms with Crippen LogP contribution in [0.15, 0.2) is 42.5 Å². The van der Waals surface area contributed by atoms with Crippen molar-refractivity contribution in [1.82, 2.24) is 5.32 Å². The molecule has 0 spiro atoms. The molecule has 0 saturated heterocycles. The Kier molecular flexibility index (Phi) is 6.67. The molecule has 0 fully saturated rings. The van der Waals surface area contributed by atoms with Gasteiger partial charge in [-0.05, 0) is 11.6 Å². The monoisotopic (exact) mass is 302 g/mol. The minimum absolute atomic E-state index is 0.0507. The Labute approximate surface area is 129 Å². The Morgan fingerprint density at radius 2 is 2.09 bits per heavy atom. The van der Waals surface area contributed by atoms with Gasteiger partial charge in [-0.3, -0.25) is 5.32 Å². The van der Waals surface area contributed by atoms with Gasteiger partial charge >= 0.3 is 12.1 Å². The minimum atomic E-state index is -1.75. The Morgan fingerprint density at radius 1 is 1.41 bits per heavy atom. The fraction of sp³-hybridized carbons (Fsp3) is 0.250. The number of carbonyl (C=O) groups excluding carboxylic acids is 2. The molecule has 3 N–H and O–H groups in total. The summed E-state index contributed by atoms with van der Waals surface area (Å²) in [5, 5.41) is 2.32. The number of terminal acetylenes is 1. The average Bonchev–Trinajstić information content (AvgIpc) is 2.57. The summed E-state index contributed by atoms with van der Waals surface area (Å²) in [6.07, 6.45) is 7.28. The topological polar surface area (TPSA) is 90.6 Å². The lowest BCUT2D eigenvalue weighted by Gasteiger charge is -2.23. The van der Waals surface area contributed by atoms with Crippen LogP contribution in [0, 0.1) is 12.3 Å². The molecule has 116 valence electrons. The smallest absolute Gasteiger partial charge is 0.409 e. The van der Waals surface area contributed by atoms with Crippen molar-refractivity contribution in [2.24, 2.45) is 5.73 Å². The van der Waals surface area contributed by atoms with Crippen molar-refractivity contribution >= 4 is 12.1 Å². The predicted molar refractivity (Wildman–Crippen MR) is 81.5 cm³/mol. The van der Waals surface area contributed by atoms with E-state index in [1.807, 2.05) is 18.2 Å². The number of methoxy groups -OCH3 is 1. The van der Waals surface area contributed by atoms with Crippen molar-refractivity contribution in [3.63, 3.8) is 0 Å². The highest BCUT2D eigenvalue weighted by molar-refractivity contribution is 5.91. The number of benzene rings is 1. The van der Waals surface area contributed by atoms with Crippen LogP contribution in [0.1, 0.15) is 5.56 Å². The quantitative estimate of drug-likeness (QED) is 0.464. The van der Waals surface area contributed by atoms with Crippen LogP contribution in [0.3, 0.4) is 0 Å². The standard InChI is InChI=1S/C16H18N2O4/c1-3-16(10-7-11-17,14(19)21-2)18-15(20)22-12-13-8-5-4-6-9-13/h1,4-10H,11-12,17H2,2H3,(H,18,20)/b10-7+. The molecule has 22 heavy (non-hydrogen) atoms. The minimum Gasteiger partial charge on any atom is -0.466 e. The first-order valence-electron chi connectivity index (χ1n) is 6.50. The van der Waals surface area contributed by atoms with E-state index in [4.69, 9.17) is 16.9 Å². The average molecular weight is 302 g/mol. The maximum absolute atomic E-state index is 11.9. The number of alkyl carbamates (subject to hydrolysis) is 1. The number of hydrogen-bond acceptors (Lipinski definition) is 5. The first kappa shape index (κ1) is 17.3. The molecular formula is C16H18N2O4. The number of hydrogen-bond donors (Lipinski definition) is 2. The maximum atomic E-state index is 11.9. The highest BCUT2D eigenvalue weighted by Gasteiger charge is 2.37. The van der Waals surface area contributed by atoms with Gasteiger partial charge in [0.15, 0.2) is 0 Å². The molecule has 0 radical (unpaired) electrons. The molecule has 0 aliphatic rings. The lowest BCUT2D eigenvalue weighted by atomic mass is 10.0. The van der Waals surface area contributed by atoms with Crippen molar-refractivity contribution in [2.75, 3.05) is 13.7 Å². The number of amides is 1. The van der Waals surface area contributed by atoms with Gasteiger partial charge in [0.05, 0.1) is 7.11 Å².